The highest BCUT2D eigenvalue weighted by Gasteiger charge is 2.59. The van der Waals surface area contributed by atoms with Gasteiger partial charge < -0.3 is 5.32 Å². The summed E-state index contributed by atoms with van der Waals surface area (Å²) in [6.07, 6.45) is -2.38. The highest BCUT2D eigenvalue weighted by Crippen LogP contribution is 2.45. The van der Waals surface area contributed by atoms with Crippen molar-refractivity contribution in [3.05, 3.63) is 53.5 Å². The standard InChI is InChI=1S/C18H16F5N5O/c1-2-3-6-11-9-14(28-16(26-11)24-10-25-28)27-15(29)12-7-4-5-8-13(12)17(19,20)18(21,22)23/h4-5,7-10H,2-3,6H2,1H3,(H,27,29). The van der Waals surface area contributed by atoms with Crippen molar-refractivity contribution < 1.29 is 26.7 Å². The summed E-state index contributed by atoms with van der Waals surface area (Å²) in [5.41, 5.74) is -1.65. The Morgan fingerprint density at radius 3 is 2.59 bits per heavy atom. The molecule has 0 aliphatic rings. The van der Waals surface area contributed by atoms with Gasteiger partial charge in [0, 0.05) is 22.9 Å². The number of nitrogens with one attached hydrogen (secondary N) is 1. The molecular formula is C18H16F5N5O. The Hall–Kier alpha value is -3.11. The number of aryl methyl sites for hydroxylation is 1. The molecule has 1 N–H and O–H groups in total. The molecule has 154 valence electrons. The van der Waals surface area contributed by atoms with Crippen LogP contribution >= 0.6 is 0 Å². The van der Waals surface area contributed by atoms with Gasteiger partial charge in [-0.15, -0.1) is 0 Å². The monoisotopic (exact) mass is 413 g/mol. The van der Waals surface area contributed by atoms with Gasteiger partial charge >= 0.3 is 12.1 Å². The van der Waals surface area contributed by atoms with Crippen molar-refractivity contribution in [3.8, 4) is 0 Å². The number of anilines is 1. The van der Waals surface area contributed by atoms with E-state index in [9.17, 15) is 26.7 Å². The van der Waals surface area contributed by atoms with Crippen molar-refractivity contribution in [1.82, 2.24) is 19.6 Å². The van der Waals surface area contributed by atoms with Gasteiger partial charge in [-0.3, -0.25) is 4.79 Å². The lowest BCUT2D eigenvalue weighted by molar-refractivity contribution is -0.289. The Morgan fingerprint density at radius 2 is 1.90 bits per heavy atom. The second kappa shape index (κ2) is 7.72. The van der Waals surface area contributed by atoms with Gasteiger partial charge in [0.1, 0.15) is 12.1 Å². The van der Waals surface area contributed by atoms with E-state index in [4.69, 9.17) is 0 Å². The number of benzene rings is 1. The minimum absolute atomic E-state index is 0.0636. The Kier molecular flexibility index (Phi) is 5.49. The fourth-order valence-corrected chi connectivity index (χ4v) is 2.73. The van der Waals surface area contributed by atoms with Gasteiger partial charge in [-0.1, -0.05) is 31.5 Å². The third-order valence-electron chi connectivity index (χ3n) is 4.20. The first-order chi connectivity index (χ1) is 13.6. The summed E-state index contributed by atoms with van der Waals surface area (Å²) in [6.45, 7) is 1.98. The summed E-state index contributed by atoms with van der Waals surface area (Å²) >= 11 is 0. The normalized spacial score (nSPS) is 12.3. The van der Waals surface area contributed by atoms with E-state index in [1.54, 1.807) is 0 Å². The molecule has 1 aromatic carbocycles. The molecule has 0 saturated heterocycles. The van der Waals surface area contributed by atoms with Crippen molar-refractivity contribution in [2.24, 2.45) is 0 Å². The van der Waals surface area contributed by atoms with Crippen molar-refractivity contribution in [1.29, 1.82) is 0 Å². The zero-order chi connectivity index (χ0) is 21.2. The maximum absolute atomic E-state index is 13.9. The summed E-state index contributed by atoms with van der Waals surface area (Å²) in [5, 5.41) is 6.25. The second-order valence-electron chi connectivity index (χ2n) is 6.28. The van der Waals surface area contributed by atoms with Gasteiger partial charge in [-0.05, 0) is 18.9 Å². The van der Waals surface area contributed by atoms with Crippen LogP contribution in [0.3, 0.4) is 0 Å². The summed E-state index contributed by atoms with van der Waals surface area (Å²) in [7, 11) is 0. The van der Waals surface area contributed by atoms with Crippen LogP contribution in [0.5, 0.6) is 0 Å². The number of aromatic nitrogens is 4. The molecule has 0 spiro atoms. The van der Waals surface area contributed by atoms with Crippen molar-refractivity contribution in [3.63, 3.8) is 0 Å². The molecule has 0 fully saturated rings. The Bertz CT molecular complexity index is 1030. The van der Waals surface area contributed by atoms with E-state index < -0.39 is 29.1 Å². The fraction of sp³-hybridized carbons (Fsp3) is 0.333. The predicted octanol–water partition coefficient (Wildman–Crippen LogP) is 4.37. The molecule has 0 saturated carbocycles. The largest absolute Gasteiger partial charge is 0.458 e. The van der Waals surface area contributed by atoms with Gasteiger partial charge in [-0.25, -0.2) is 4.98 Å². The first kappa shape index (κ1) is 20.6. The van der Waals surface area contributed by atoms with Crippen LogP contribution in [-0.4, -0.2) is 31.7 Å². The molecule has 0 radical (unpaired) electrons. The first-order valence-electron chi connectivity index (χ1n) is 8.70. The summed E-state index contributed by atoms with van der Waals surface area (Å²) in [4.78, 5) is 20.8. The first-order valence-corrected chi connectivity index (χ1v) is 8.70. The number of alkyl halides is 5. The van der Waals surface area contributed by atoms with Crippen LogP contribution in [0.4, 0.5) is 27.8 Å². The van der Waals surface area contributed by atoms with E-state index in [0.717, 1.165) is 29.5 Å². The minimum atomic E-state index is -5.84. The molecule has 0 aliphatic carbocycles. The average molecular weight is 413 g/mol. The number of fused-ring (bicyclic) bond motifs is 1. The number of hydrogen-bond acceptors (Lipinski definition) is 4. The highest BCUT2D eigenvalue weighted by atomic mass is 19.4. The molecule has 0 unspecified atom stereocenters. The molecule has 3 rings (SSSR count). The number of carbonyl (C=O) groups is 1. The van der Waals surface area contributed by atoms with E-state index >= 15 is 0 Å². The fourth-order valence-electron chi connectivity index (χ4n) is 2.73. The molecule has 29 heavy (non-hydrogen) atoms. The van der Waals surface area contributed by atoms with E-state index in [1.807, 2.05) is 6.92 Å². The number of hydrogen-bond donors (Lipinski definition) is 1. The van der Waals surface area contributed by atoms with Crippen molar-refractivity contribution >= 4 is 17.5 Å². The highest BCUT2D eigenvalue weighted by molar-refractivity contribution is 6.05. The van der Waals surface area contributed by atoms with Crippen molar-refractivity contribution in [2.45, 2.75) is 38.3 Å². The number of carbonyl (C=O) groups excluding carboxylic acids is 1. The predicted molar refractivity (Wildman–Crippen MR) is 93.7 cm³/mol. The third kappa shape index (κ3) is 4.03. The van der Waals surface area contributed by atoms with Crippen molar-refractivity contribution in [2.75, 3.05) is 5.32 Å². The maximum Gasteiger partial charge on any atom is 0.458 e. The lowest BCUT2D eigenvalue weighted by Crippen LogP contribution is -2.35. The molecule has 3 aromatic rings. The lowest BCUT2D eigenvalue weighted by atomic mass is 10.0. The molecule has 0 atom stereocenters. The van der Waals surface area contributed by atoms with Crippen LogP contribution in [0.2, 0.25) is 0 Å². The van der Waals surface area contributed by atoms with Crippen LogP contribution < -0.4 is 5.32 Å². The van der Waals surface area contributed by atoms with Gasteiger partial charge in [0.15, 0.2) is 0 Å². The minimum Gasteiger partial charge on any atom is -0.306 e. The molecule has 1 amide bonds. The van der Waals surface area contributed by atoms with Crippen LogP contribution in [0.25, 0.3) is 5.78 Å². The molecule has 6 nitrogen and oxygen atoms in total. The summed E-state index contributed by atoms with van der Waals surface area (Å²) in [6, 6.07) is 5.18. The van der Waals surface area contributed by atoms with Gasteiger partial charge in [-0.2, -0.15) is 36.6 Å². The van der Waals surface area contributed by atoms with Gasteiger partial charge in [0.25, 0.3) is 11.7 Å². The molecule has 11 heteroatoms. The molecule has 0 aliphatic heterocycles. The second-order valence-corrected chi connectivity index (χ2v) is 6.28. The van der Waals surface area contributed by atoms with Crippen LogP contribution in [0.1, 0.15) is 41.4 Å². The van der Waals surface area contributed by atoms with Crippen LogP contribution in [0.15, 0.2) is 36.7 Å². The molecule has 0 bridgehead atoms. The van der Waals surface area contributed by atoms with Crippen LogP contribution in [0, 0.1) is 0 Å². The number of halogens is 5. The maximum atomic E-state index is 13.9. The SMILES string of the molecule is CCCCc1cc(NC(=O)c2ccccc2C(F)(F)C(F)(F)F)n2ncnc2n1. The zero-order valence-corrected chi connectivity index (χ0v) is 15.2. The Balaban J connectivity index is 1.99. The Labute approximate surface area is 161 Å². The molecule has 2 heterocycles. The van der Waals surface area contributed by atoms with Crippen LogP contribution in [-0.2, 0) is 12.3 Å². The van der Waals surface area contributed by atoms with Gasteiger partial charge in [0.05, 0.1) is 0 Å². The molecular weight excluding hydrogens is 397 g/mol. The Morgan fingerprint density at radius 1 is 1.17 bits per heavy atom. The zero-order valence-electron chi connectivity index (χ0n) is 15.2. The smallest absolute Gasteiger partial charge is 0.306 e. The summed E-state index contributed by atoms with van der Waals surface area (Å²) in [5.74, 6) is -6.08. The number of unbranched alkanes of at least 4 members (excludes halogenated alkanes) is 1. The average Bonchev–Trinajstić information content (AvgIpc) is 3.14. The van der Waals surface area contributed by atoms with Gasteiger partial charge in [0.2, 0.25) is 0 Å². The lowest BCUT2D eigenvalue weighted by Gasteiger charge is -2.22. The van der Waals surface area contributed by atoms with E-state index in [0.29, 0.717) is 18.2 Å². The number of nitrogens with zero attached hydrogens (tertiary/aromatic N) is 4. The third-order valence-corrected chi connectivity index (χ3v) is 4.20. The quantitative estimate of drug-likeness (QED) is 0.609. The van der Waals surface area contributed by atoms with E-state index in [2.05, 4.69) is 20.4 Å². The summed E-state index contributed by atoms with van der Waals surface area (Å²) < 4.78 is 67.4. The van der Waals surface area contributed by atoms with E-state index in [1.165, 1.54) is 18.5 Å². The number of rotatable bonds is 6. The topological polar surface area (TPSA) is 72.2 Å². The molecule has 2 aromatic heterocycles. The van der Waals surface area contributed by atoms with E-state index in [-0.39, 0.29) is 11.6 Å². The number of amides is 1.